The highest BCUT2D eigenvalue weighted by molar-refractivity contribution is 9.10. The molecule has 2 aromatic carbocycles. The molecule has 0 unspecified atom stereocenters. The van der Waals surface area contributed by atoms with Crippen molar-refractivity contribution in [2.75, 3.05) is 6.61 Å². The summed E-state index contributed by atoms with van der Waals surface area (Å²) in [6.45, 7) is -0.790. The topological polar surface area (TPSA) is 74.8 Å². The molecule has 5 aromatic rings. The van der Waals surface area contributed by atoms with Crippen LogP contribution in [0, 0.1) is 0 Å². The number of benzene rings is 2. The second-order valence-corrected chi connectivity index (χ2v) is 8.28. The minimum Gasteiger partial charge on any atom is -0.472 e. The van der Waals surface area contributed by atoms with Crippen LogP contribution in [0.3, 0.4) is 0 Å². The van der Waals surface area contributed by atoms with E-state index in [1.807, 2.05) is 37.5 Å². The second-order valence-electron chi connectivity index (χ2n) is 7.36. The van der Waals surface area contributed by atoms with E-state index in [4.69, 9.17) is 4.74 Å². The Labute approximate surface area is 194 Å². The molecule has 5 rings (SSSR count). The quantitative estimate of drug-likeness (QED) is 0.340. The minimum atomic E-state index is -2.64. The lowest BCUT2D eigenvalue weighted by molar-refractivity contribution is 0.0798. The molecular weight excluding hydrogens is 496 g/mol. The standard InChI is InChI=1S/C23H16BrF2N5O2/c1-30-11-14-10-16(6-7-17(14)28-30)31-23(32)21(13-2-4-15(24)5-3-13)22-18(29-31)8-9-20(27-22)33-12-19(25)26/h2-11,19H,12H2,1H3. The Balaban J connectivity index is 1.75. The maximum Gasteiger partial charge on any atom is 0.281 e. The molecule has 33 heavy (non-hydrogen) atoms. The fourth-order valence-corrected chi connectivity index (χ4v) is 3.87. The molecule has 0 aliphatic heterocycles. The average molecular weight is 512 g/mol. The Morgan fingerprint density at radius 2 is 1.79 bits per heavy atom. The van der Waals surface area contributed by atoms with Gasteiger partial charge in [-0.3, -0.25) is 9.48 Å². The van der Waals surface area contributed by atoms with Crippen LogP contribution in [0.5, 0.6) is 5.88 Å². The van der Waals surface area contributed by atoms with Crippen LogP contribution in [-0.4, -0.2) is 37.6 Å². The van der Waals surface area contributed by atoms with Crippen molar-refractivity contribution in [1.29, 1.82) is 0 Å². The predicted octanol–water partition coefficient (Wildman–Crippen LogP) is 4.74. The first-order valence-corrected chi connectivity index (χ1v) is 10.7. The molecule has 0 saturated carbocycles. The van der Waals surface area contributed by atoms with Crippen molar-refractivity contribution < 1.29 is 13.5 Å². The van der Waals surface area contributed by atoms with Crippen LogP contribution in [-0.2, 0) is 7.05 Å². The largest absolute Gasteiger partial charge is 0.472 e. The molecule has 0 amide bonds. The highest BCUT2D eigenvalue weighted by Crippen LogP contribution is 2.27. The number of aryl methyl sites for hydroxylation is 1. The van der Waals surface area contributed by atoms with Crippen LogP contribution in [0.2, 0.25) is 0 Å². The van der Waals surface area contributed by atoms with Crippen LogP contribution in [0.1, 0.15) is 0 Å². The van der Waals surface area contributed by atoms with Crippen LogP contribution in [0.4, 0.5) is 8.78 Å². The number of nitrogens with zero attached hydrogens (tertiary/aromatic N) is 5. The van der Waals surface area contributed by atoms with Crippen molar-refractivity contribution in [3.8, 4) is 22.7 Å². The Kier molecular flexibility index (Phi) is 5.37. The molecule has 0 fully saturated rings. The highest BCUT2D eigenvalue weighted by atomic mass is 79.9. The molecule has 0 spiro atoms. The zero-order valence-electron chi connectivity index (χ0n) is 17.2. The molecule has 166 valence electrons. The van der Waals surface area contributed by atoms with Crippen molar-refractivity contribution in [2.45, 2.75) is 6.43 Å². The number of hydrogen-bond acceptors (Lipinski definition) is 5. The number of fused-ring (bicyclic) bond motifs is 2. The van der Waals surface area contributed by atoms with E-state index in [-0.39, 0.29) is 11.4 Å². The van der Waals surface area contributed by atoms with Gasteiger partial charge in [-0.15, -0.1) is 0 Å². The van der Waals surface area contributed by atoms with Gasteiger partial charge in [0, 0.05) is 29.2 Å². The van der Waals surface area contributed by atoms with E-state index in [1.54, 1.807) is 28.9 Å². The number of rotatable bonds is 5. The fraction of sp³-hybridized carbons (Fsp3) is 0.130. The molecule has 10 heteroatoms. The van der Waals surface area contributed by atoms with E-state index in [2.05, 4.69) is 31.1 Å². The van der Waals surface area contributed by atoms with E-state index < -0.39 is 18.6 Å². The van der Waals surface area contributed by atoms with Gasteiger partial charge >= 0.3 is 0 Å². The summed E-state index contributed by atoms with van der Waals surface area (Å²) in [4.78, 5) is 18.0. The number of halogens is 3. The molecule has 0 radical (unpaired) electrons. The summed E-state index contributed by atoms with van der Waals surface area (Å²) in [5, 5.41) is 9.72. The van der Waals surface area contributed by atoms with Crippen LogP contribution in [0.25, 0.3) is 38.8 Å². The Morgan fingerprint density at radius 1 is 1.03 bits per heavy atom. The third-order valence-electron chi connectivity index (χ3n) is 5.04. The Hall–Kier alpha value is -3.66. The molecular formula is C23H16BrF2N5O2. The van der Waals surface area contributed by atoms with Gasteiger partial charge in [-0.05, 0) is 42.0 Å². The molecule has 3 aromatic heterocycles. The summed E-state index contributed by atoms with van der Waals surface area (Å²) in [5.41, 5.74) is 2.57. The summed E-state index contributed by atoms with van der Waals surface area (Å²) < 4.78 is 34.1. The van der Waals surface area contributed by atoms with E-state index >= 15 is 0 Å². The maximum atomic E-state index is 13.7. The molecule has 0 bridgehead atoms. The normalized spacial score (nSPS) is 11.5. The van der Waals surface area contributed by atoms with Gasteiger partial charge < -0.3 is 4.74 Å². The van der Waals surface area contributed by atoms with Gasteiger partial charge in [0.1, 0.15) is 11.0 Å². The molecule has 0 N–H and O–H groups in total. The summed E-state index contributed by atoms with van der Waals surface area (Å²) in [7, 11) is 1.82. The van der Waals surface area contributed by atoms with Gasteiger partial charge in [0.2, 0.25) is 5.88 Å². The lowest BCUT2D eigenvalue weighted by atomic mass is 10.1. The second kappa shape index (κ2) is 8.36. The highest BCUT2D eigenvalue weighted by Gasteiger charge is 2.18. The lowest BCUT2D eigenvalue weighted by Gasteiger charge is -2.12. The SMILES string of the molecule is Cn1cc2cc(-n3nc4ccc(OCC(F)F)nc4c(-c4ccc(Br)cc4)c3=O)ccc2n1. The number of alkyl halides is 2. The molecule has 0 atom stereocenters. The molecule has 7 nitrogen and oxygen atoms in total. The van der Waals surface area contributed by atoms with Crippen LogP contribution >= 0.6 is 15.9 Å². The molecule has 3 heterocycles. The molecule has 0 saturated heterocycles. The minimum absolute atomic E-state index is 0.00288. The van der Waals surface area contributed by atoms with Gasteiger partial charge in [0.05, 0.1) is 16.8 Å². The van der Waals surface area contributed by atoms with Crippen molar-refractivity contribution in [2.24, 2.45) is 7.05 Å². The third kappa shape index (κ3) is 4.09. The van der Waals surface area contributed by atoms with Gasteiger partial charge in [0.15, 0.2) is 6.61 Å². The number of aromatic nitrogens is 5. The summed E-state index contributed by atoms with van der Waals surface area (Å²) in [6, 6.07) is 15.7. The lowest BCUT2D eigenvalue weighted by Crippen LogP contribution is -2.23. The van der Waals surface area contributed by atoms with E-state index in [1.165, 1.54) is 10.7 Å². The summed E-state index contributed by atoms with van der Waals surface area (Å²) in [6.07, 6.45) is -0.781. The van der Waals surface area contributed by atoms with Crippen molar-refractivity contribution in [3.05, 3.63) is 75.6 Å². The predicted molar refractivity (Wildman–Crippen MR) is 124 cm³/mol. The maximum absolute atomic E-state index is 13.7. The average Bonchev–Trinajstić information content (AvgIpc) is 3.17. The van der Waals surface area contributed by atoms with Crippen LogP contribution in [0.15, 0.2) is 70.1 Å². The first-order chi connectivity index (χ1) is 15.9. The van der Waals surface area contributed by atoms with Gasteiger partial charge in [0.25, 0.3) is 12.0 Å². The zero-order chi connectivity index (χ0) is 23.1. The van der Waals surface area contributed by atoms with Crippen molar-refractivity contribution in [3.63, 3.8) is 0 Å². The van der Waals surface area contributed by atoms with Gasteiger partial charge in [-0.1, -0.05) is 28.1 Å². The molecule has 0 aliphatic carbocycles. The zero-order valence-corrected chi connectivity index (χ0v) is 18.8. The first kappa shape index (κ1) is 21.2. The Morgan fingerprint density at radius 3 is 2.55 bits per heavy atom. The number of pyridine rings is 1. The summed E-state index contributed by atoms with van der Waals surface area (Å²) >= 11 is 3.40. The van der Waals surface area contributed by atoms with Gasteiger partial charge in [-0.25, -0.2) is 13.8 Å². The van der Waals surface area contributed by atoms with E-state index in [0.717, 1.165) is 15.4 Å². The fourth-order valence-electron chi connectivity index (χ4n) is 3.61. The van der Waals surface area contributed by atoms with E-state index in [9.17, 15) is 13.6 Å². The summed E-state index contributed by atoms with van der Waals surface area (Å²) in [5.74, 6) is -0.00288. The first-order valence-electron chi connectivity index (χ1n) is 9.94. The Bertz CT molecular complexity index is 1550. The number of ether oxygens (including phenoxy) is 1. The van der Waals surface area contributed by atoms with Crippen LogP contribution < -0.4 is 10.3 Å². The molecule has 0 aliphatic rings. The van der Waals surface area contributed by atoms with Crippen molar-refractivity contribution >= 4 is 37.9 Å². The van der Waals surface area contributed by atoms with Crippen molar-refractivity contribution in [1.82, 2.24) is 24.5 Å². The monoisotopic (exact) mass is 511 g/mol. The number of hydrogen-bond donors (Lipinski definition) is 0. The smallest absolute Gasteiger partial charge is 0.281 e. The van der Waals surface area contributed by atoms with Gasteiger partial charge in [-0.2, -0.15) is 14.9 Å². The van der Waals surface area contributed by atoms with E-state index in [0.29, 0.717) is 22.3 Å². The third-order valence-corrected chi connectivity index (χ3v) is 5.57.